The zero-order valence-corrected chi connectivity index (χ0v) is 12.3. The molecule has 0 atom stereocenters. The van der Waals surface area contributed by atoms with E-state index in [9.17, 15) is 4.79 Å². The number of benzene rings is 1. The summed E-state index contributed by atoms with van der Waals surface area (Å²) >= 11 is 0. The topological polar surface area (TPSA) is 49.8 Å². The molecule has 0 saturated carbocycles. The maximum Gasteiger partial charge on any atom is 0.253 e. The van der Waals surface area contributed by atoms with E-state index in [4.69, 9.17) is 9.84 Å². The Hall–Kier alpha value is -1.99. The lowest BCUT2D eigenvalue weighted by Crippen LogP contribution is -2.30. The van der Waals surface area contributed by atoms with Crippen molar-refractivity contribution in [3.8, 4) is 17.6 Å². The minimum atomic E-state index is -0.0112. The molecule has 0 unspecified atom stereocenters. The lowest BCUT2D eigenvalue weighted by Gasteiger charge is -2.19. The molecule has 108 valence electrons. The fourth-order valence-electron chi connectivity index (χ4n) is 1.85. The second-order valence-corrected chi connectivity index (χ2v) is 4.17. The molecule has 0 bridgehead atoms. The largest absolute Gasteiger partial charge is 0.495 e. The van der Waals surface area contributed by atoms with Gasteiger partial charge >= 0.3 is 0 Å². The number of rotatable bonds is 5. The Morgan fingerprint density at radius 1 is 1.35 bits per heavy atom. The molecule has 0 aromatic heterocycles. The van der Waals surface area contributed by atoms with Gasteiger partial charge in [-0.05, 0) is 32.0 Å². The zero-order chi connectivity index (χ0) is 15.0. The Morgan fingerprint density at radius 2 is 2.05 bits per heavy atom. The van der Waals surface area contributed by atoms with Crippen LogP contribution in [0.5, 0.6) is 5.75 Å². The molecule has 4 nitrogen and oxygen atoms in total. The number of aliphatic hydroxyl groups excluding tert-OH is 1. The Labute approximate surface area is 120 Å². The lowest BCUT2D eigenvalue weighted by atomic mass is 10.1. The van der Waals surface area contributed by atoms with Gasteiger partial charge in [-0.15, -0.1) is 0 Å². The molecule has 4 heteroatoms. The summed E-state index contributed by atoms with van der Waals surface area (Å²) in [6.07, 6.45) is 0.400. The van der Waals surface area contributed by atoms with E-state index in [2.05, 4.69) is 11.8 Å². The number of nitrogens with zero attached hydrogens (tertiary/aromatic N) is 1. The van der Waals surface area contributed by atoms with E-state index < -0.39 is 0 Å². The van der Waals surface area contributed by atoms with E-state index in [0.29, 0.717) is 36.4 Å². The van der Waals surface area contributed by atoms with E-state index in [0.717, 1.165) is 0 Å². The first-order valence-electron chi connectivity index (χ1n) is 6.74. The van der Waals surface area contributed by atoms with Crippen LogP contribution < -0.4 is 4.74 Å². The van der Waals surface area contributed by atoms with Crippen molar-refractivity contribution in [2.45, 2.75) is 20.3 Å². The summed E-state index contributed by atoms with van der Waals surface area (Å²) < 4.78 is 5.23. The predicted molar refractivity (Wildman–Crippen MR) is 78.8 cm³/mol. The molecular weight excluding hydrogens is 254 g/mol. The molecule has 20 heavy (non-hydrogen) atoms. The van der Waals surface area contributed by atoms with Gasteiger partial charge in [-0.2, -0.15) is 0 Å². The number of hydrogen-bond donors (Lipinski definition) is 1. The quantitative estimate of drug-likeness (QED) is 0.835. The highest BCUT2D eigenvalue weighted by Crippen LogP contribution is 2.20. The zero-order valence-electron chi connectivity index (χ0n) is 12.3. The number of carbonyl (C=O) groups excluding carboxylic acids is 1. The first kappa shape index (κ1) is 16.1. The van der Waals surface area contributed by atoms with Gasteiger partial charge in [0.05, 0.1) is 19.3 Å². The number of aliphatic hydroxyl groups is 1. The van der Waals surface area contributed by atoms with Gasteiger partial charge in [-0.3, -0.25) is 4.79 Å². The van der Waals surface area contributed by atoms with Crippen molar-refractivity contribution in [1.82, 2.24) is 4.90 Å². The van der Waals surface area contributed by atoms with E-state index >= 15 is 0 Å². The van der Waals surface area contributed by atoms with Crippen LogP contribution in [0.25, 0.3) is 0 Å². The average Bonchev–Trinajstić information content (AvgIpc) is 2.48. The molecule has 1 amide bonds. The molecule has 0 saturated heterocycles. The smallest absolute Gasteiger partial charge is 0.253 e. The van der Waals surface area contributed by atoms with Crippen LogP contribution in [0.4, 0.5) is 0 Å². The third-order valence-corrected chi connectivity index (χ3v) is 2.96. The van der Waals surface area contributed by atoms with Gasteiger partial charge in [0.15, 0.2) is 0 Å². The Balaban J connectivity index is 3.09. The summed E-state index contributed by atoms with van der Waals surface area (Å²) in [5, 5.41) is 8.76. The number of carbonyl (C=O) groups is 1. The molecule has 0 heterocycles. The molecule has 0 aliphatic heterocycles. The van der Waals surface area contributed by atoms with Crippen LogP contribution in [0.15, 0.2) is 18.2 Å². The first-order valence-corrected chi connectivity index (χ1v) is 6.74. The summed E-state index contributed by atoms with van der Waals surface area (Å²) in [5.41, 5.74) is 1.27. The predicted octanol–water partition coefficient (Wildman–Crippen LogP) is 1.91. The van der Waals surface area contributed by atoms with Gasteiger partial charge in [0.25, 0.3) is 5.91 Å². The molecule has 0 fully saturated rings. The highest BCUT2D eigenvalue weighted by Gasteiger charge is 2.14. The fourth-order valence-corrected chi connectivity index (χ4v) is 1.85. The molecule has 1 aromatic rings. The lowest BCUT2D eigenvalue weighted by molar-refractivity contribution is 0.0773. The molecule has 1 aromatic carbocycles. The molecule has 0 spiro atoms. The second-order valence-electron chi connectivity index (χ2n) is 4.17. The Kier molecular flexibility index (Phi) is 6.61. The van der Waals surface area contributed by atoms with Crippen LogP contribution in [-0.2, 0) is 0 Å². The van der Waals surface area contributed by atoms with Crippen molar-refractivity contribution < 1.29 is 14.6 Å². The summed E-state index contributed by atoms with van der Waals surface area (Å²) in [6.45, 7) is 5.27. The minimum absolute atomic E-state index is 0.0112. The van der Waals surface area contributed by atoms with Gasteiger partial charge < -0.3 is 14.7 Å². The average molecular weight is 275 g/mol. The van der Waals surface area contributed by atoms with Crippen LogP contribution >= 0.6 is 0 Å². The number of amides is 1. The van der Waals surface area contributed by atoms with Gasteiger partial charge in [0, 0.05) is 25.1 Å². The van der Waals surface area contributed by atoms with Crippen molar-refractivity contribution in [3.63, 3.8) is 0 Å². The van der Waals surface area contributed by atoms with E-state index in [1.54, 1.807) is 30.2 Å². The summed E-state index contributed by atoms with van der Waals surface area (Å²) in [7, 11) is 1.57. The number of ether oxygens (including phenoxy) is 1. The van der Waals surface area contributed by atoms with Crippen LogP contribution in [0, 0.1) is 11.8 Å². The third kappa shape index (κ3) is 4.01. The molecule has 1 rings (SSSR count). The van der Waals surface area contributed by atoms with Crippen molar-refractivity contribution in [2.24, 2.45) is 0 Å². The number of methoxy groups -OCH3 is 1. The Bertz CT molecular complexity index is 510. The van der Waals surface area contributed by atoms with Crippen molar-refractivity contribution in [2.75, 3.05) is 26.8 Å². The summed E-state index contributed by atoms with van der Waals surface area (Å²) in [6, 6.07) is 5.24. The van der Waals surface area contributed by atoms with Gasteiger partial charge in [0.1, 0.15) is 5.75 Å². The first-order chi connectivity index (χ1) is 9.67. The van der Waals surface area contributed by atoms with Crippen molar-refractivity contribution >= 4 is 5.91 Å². The van der Waals surface area contributed by atoms with Crippen LogP contribution in [-0.4, -0.2) is 42.7 Å². The summed E-state index contributed by atoms with van der Waals surface area (Å²) in [5.74, 6) is 6.39. The Morgan fingerprint density at radius 3 is 2.60 bits per heavy atom. The van der Waals surface area contributed by atoms with Crippen molar-refractivity contribution in [1.29, 1.82) is 0 Å². The molecular formula is C16H21NO3. The minimum Gasteiger partial charge on any atom is -0.495 e. The summed E-state index contributed by atoms with van der Waals surface area (Å²) in [4.78, 5) is 14.0. The SMILES string of the molecule is CCN(CC)C(=O)c1ccc(OC)c(C#CCCO)c1. The maximum absolute atomic E-state index is 12.3. The third-order valence-electron chi connectivity index (χ3n) is 2.96. The van der Waals surface area contributed by atoms with Gasteiger partial charge in [0.2, 0.25) is 0 Å². The van der Waals surface area contributed by atoms with E-state index in [1.165, 1.54) is 0 Å². The van der Waals surface area contributed by atoms with Crippen molar-refractivity contribution in [3.05, 3.63) is 29.3 Å². The highest BCUT2D eigenvalue weighted by molar-refractivity contribution is 5.94. The van der Waals surface area contributed by atoms with E-state index in [-0.39, 0.29) is 12.5 Å². The fraction of sp³-hybridized carbons (Fsp3) is 0.438. The standard InChI is InChI=1S/C16H21NO3/c1-4-17(5-2)16(19)14-9-10-15(20-3)13(12-14)8-6-7-11-18/h9-10,12,18H,4-5,7,11H2,1-3H3. The van der Waals surface area contributed by atoms with Crippen LogP contribution in [0.3, 0.4) is 0 Å². The van der Waals surface area contributed by atoms with Crippen LogP contribution in [0.2, 0.25) is 0 Å². The highest BCUT2D eigenvalue weighted by atomic mass is 16.5. The van der Waals surface area contributed by atoms with Gasteiger partial charge in [-0.25, -0.2) is 0 Å². The van der Waals surface area contributed by atoms with Gasteiger partial charge in [-0.1, -0.05) is 11.8 Å². The molecule has 0 aliphatic rings. The van der Waals surface area contributed by atoms with E-state index in [1.807, 2.05) is 13.8 Å². The monoisotopic (exact) mass is 275 g/mol. The normalized spacial score (nSPS) is 9.60. The van der Waals surface area contributed by atoms with Crippen LogP contribution in [0.1, 0.15) is 36.2 Å². The molecule has 0 radical (unpaired) electrons. The second kappa shape index (κ2) is 8.23. The molecule has 1 N–H and O–H groups in total. The maximum atomic E-state index is 12.3. The molecule has 0 aliphatic carbocycles. The number of hydrogen-bond acceptors (Lipinski definition) is 3.